The number of hydrogen-bond acceptors (Lipinski definition) is 2. The second kappa shape index (κ2) is 5.51. The first kappa shape index (κ1) is 13.7. The smallest absolute Gasteiger partial charge is 0.255 e. The van der Waals surface area contributed by atoms with Gasteiger partial charge in [-0.15, -0.1) is 0 Å². The summed E-state index contributed by atoms with van der Waals surface area (Å²) >= 11 is 11.7. The second-order valence-electron chi connectivity index (χ2n) is 4.03. The van der Waals surface area contributed by atoms with Crippen LogP contribution in [0.4, 0.5) is 5.69 Å². The summed E-state index contributed by atoms with van der Waals surface area (Å²) in [5, 5.41) is 12.9. The lowest BCUT2D eigenvalue weighted by atomic mass is 10.1. The molecule has 0 radical (unpaired) electrons. The highest BCUT2D eigenvalue weighted by molar-refractivity contribution is 6.32. The van der Waals surface area contributed by atoms with Crippen molar-refractivity contribution in [2.24, 2.45) is 0 Å². The maximum absolute atomic E-state index is 12.1. The van der Waals surface area contributed by atoms with Gasteiger partial charge in [-0.25, -0.2) is 0 Å². The van der Waals surface area contributed by atoms with E-state index in [-0.39, 0.29) is 16.7 Å². The number of nitrogens with one attached hydrogen (secondary N) is 1. The van der Waals surface area contributed by atoms with Gasteiger partial charge in [0.25, 0.3) is 5.91 Å². The minimum Gasteiger partial charge on any atom is -0.506 e. The zero-order valence-electron chi connectivity index (χ0n) is 10.1. The van der Waals surface area contributed by atoms with E-state index < -0.39 is 0 Å². The van der Waals surface area contributed by atoms with Crippen LogP contribution in [0.15, 0.2) is 36.4 Å². The Labute approximate surface area is 120 Å². The third-order valence-corrected chi connectivity index (χ3v) is 3.45. The summed E-state index contributed by atoms with van der Waals surface area (Å²) in [6, 6.07) is 9.63. The van der Waals surface area contributed by atoms with Crippen molar-refractivity contribution in [3.63, 3.8) is 0 Å². The standard InChI is InChI=1S/C14H11Cl2NO2/c1-8-10(3-2-4-11(8)15)14(19)17-9-5-6-12(16)13(18)7-9/h2-7,18H,1H3,(H,17,19). The molecular weight excluding hydrogens is 285 g/mol. The van der Waals surface area contributed by atoms with E-state index in [1.54, 1.807) is 31.2 Å². The van der Waals surface area contributed by atoms with Gasteiger partial charge in [0.2, 0.25) is 0 Å². The molecule has 1 amide bonds. The third kappa shape index (κ3) is 3.00. The lowest BCUT2D eigenvalue weighted by Gasteiger charge is -2.09. The molecule has 19 heavy (non-hydrogen) atoms. The Morgan fingerprint density at radius 3 is 2.58 bits per heavy atom. The fraction of sp³-hybridized carbons (Fsp3) is 0.0714. The number of phenols is 1. The van der Waals surface area contributed by atoms with Gasteiger partial charge in [0.05, 0.1) is 5.02 Å². The van der Waals surface area contributed by atoms with Gasteiger partial charge >= 0.3 is 0 Å². The molecule has 0 aliphatic carbocycles. The van der Waals surface area contributed by atoms with E-state index in [1.807, 2.05) is 0 Å². The number of phenolic OH excluding ortho intramolecular Hbond substituents is 1. The monoisotopic (exact) mass is 295 g/mol. The van der Waals surface area contributed by atoms with Crippen molar-refractivity contribution >= 4 is 34.8 Å². The number of benzene rings is 2. The van der Waals surface area contributed by atoms with Crippen LogP contribution in [0.1, 0.15) is 15.9 Å². The van der Waals surface area contributed by atoms with E-state index in [0.717, 1.165) is 0 Å². The molecule has 0 aliphatic heterocycles. The molecule has 2 aromatic rings. The molecule has 98 valence electrons. The molecule has 2 aromatic carbocycles. The van der Waals surface area contributed by atoms with Crippen molar-refractivity contribution < 1.29 is 9.90 Å². The number of hydrogen-bond donors (Lipinski definition) is 2. The molecule has 2 rings (SSSR count). The highest BCUT2D eigenvalue weighted by Crippen LogP contribution is 2.27. The summed E-state index contributed by atoms with van der Waals surface area (Å²) in [6.45, 7) is 1.77. The number of rotatable bonds is 2. The first-order valence-electron chi connectivity index (χ1n) is 5.54. The molecular formula is C14H11Cl2NO2. The fourth-order valence-corrected chi connectivity index (χ4v) is 1.93. The minimum atomic E-state index is -0.290. The van der Waals surface area contributed by atoms with E-state index in [4.69, 9.17) is 23.2 Å². The van der Waals surface area contributed by atoms with Crippen molar-refractivity contribution in [1.29, 1.82) is 0 Å². The van der Waals surface area contributed by atoms with Gasteiger partial charge in [-0.3, -0.25) is 4.79 Å². The van der Waals surface area contributed by atoms with Crippen LogP contribution in [0, 0.1) is 6.92 Å². The summed E-state index contributed by atoms with van der Waals surface area (Å²) < 4.78 is 0. The Morgan fingerprint density at radius 1 is 1.16 bits per heavy atom. The normalized spacial score (nSPS) is 10.3. The van der Waals surface area contributed by atoms with E-state index >= 15 is 0 Å². The van der Waals surface area contributed by atoms with Crippen molar-refractivity contribution in [2.45, 2.75) is 6.92 Å². The van der Waals surface area contributed by atoms with Gasteiger partial charge in [-0.05, 0) is 36.8 Å². The highest BCUT2D eigenvalue weighted by atomic mass is 35.5. The van der Waals surface area contributed by atoms with Crippen molar-refractivity contribution in [1.82, 2.24) is 0 Å². The van der Waals surface area contributed by atoms with Crippen molar-refractivity contribution in [2.75, 3.05) is 5.32 Å². The zero-order valence-corrected chi connectivity index (χ0v) is 11.6. The predicted octanol–water partition coefficient (Wildman–Crippen LogP) is 4.26. The molecule has 0 aliphatic rings. The second-order valence-corrected chi connectivity index (χ2v) is 4.85. The Balaban J connectivity index is 2.26. The number of carbonyl (C=O) groups is 1. The summed E-state index contributed by atoms with van der Waals surface area (Å²) in [7, 11) is 0. The topological polar surface area (TPSA) is 49.3 Å². The van der Waals surface area contributed by atoms with E-state index in [9.17, 15) is 9.90 Å². The number of carbonyl (C=O) groups excluding carboxylic acids is 1. The van der Waals surface area contributed by atoms with Gasteiger partial charge in [0.1, 0.15) is 5.75 Å². The molecule has 5 heteroatoms. The van der Waals surface area contributed by atoms with E-state index in [2.05, 4.69) is 5.32 Å². The van der Waals surface area contributed by atoms with Crippen LogP contribution in [0.5, 0.6) is 5.75 Å². The molecule has 0 aromatic heterocycles. The summed E-state index contributed by atoms with van der Waals surface area (Å²) in [5.41, 5.74) is 1.66. The quantitative estimate of drug-likeness (QED) is 0.870. The van der Waals surface area contributed by atoms with Crippen LogP contribution in [-0.2, 0) is 0 Å². The Hall–Kier alpha value is -1.71. The van der Waals surface area contributed by atoms with Crippen LogP contribution in [-0.4, -0.2) is 11.0 Å². The Morgan fingerprint density at radius 2 is 1.89 bits per heavy atom. The lowest BCUT2D eigenvalue weighted by Crippen LogP contribution is -2.13. The van der Waals surface area contributed by atoms with Crippen LogP contribution >= 0.6 is 23.2 Å². The first-order valence-corrected chi connectivity index (χ1v) is 6.29. The molecule has 0 unspecified atom stereocenters. The molecule has 0 saturated carbocycles. The average molecular weight is 296 g/mol. The van der Waals surface area contributed by atoms with Gasteiger partial charge in [-0.1, -0.05) is 29.3 Å². The van der Waals surface area contributed by atoms with Gasteiger partial charge in [-0.2, -0.15) is 0 Å². The molecule has 3 nitrogen and oxygen atoms in total. The SMILES string of the molecule is Cc1c(Cl)cccc1C(=O)Nc1ccc(Cl)c(O)c1. The molecule has 2 N–H and O–H groups in total. The third-order valence-electron chi connectivity index (χ3n) is 2.72. The van der Waals surface area contributed by atoms with Gasteiger partial charge < -0.3 is 10.4 Å². The Kier molecular flexibility index (Phi) is 3.98. The zero-order chi connectivity index (χ0) is 14.0. The van der Waals surface area contributed by atoms with Crippen molar-refractivity contribution in [3.8, 4) is 5.75 Å². The minimum absolute atomic E-state index is 0.0812. The Bertz CT molecular complexity index is 641. The predicted molar refractivity (Wildman–Crippen MR) is 77.3 cm³/mol. The lowest BCUT2D eigenvalue weighted by molar-refractivity contribution is 0.102. The largest absolute Gasteiger partial charge is 0.506 e. The molecule has 0 atom stereocenters. The average Bonchev–Trinajstić information content (AvgIpc) is 2.37. The molecule has 0 fully saturated rings. The molecule has 0 bridgehead atoms. The summed E-state index contributed by atoms with van der Waals surface area (Å²) in [6.07, 6.45) is 0. The van der Waals surface area contributed by atoms with Crippen LogP contribution < -0.4 is 5.32 Å². The van der Waals surface area contributed by atoms with Gasteiger partial charge in [0.15, 0.2) is 0 Å². The van der Waals surface area contributed by atoms with Gasteiger partial charge in [0, 0.05) is 22.3 Å². The molecule has 0 saturated heterocycles. The summed E-state index contributed by atoms with van der Waals surface area (Å²) in [4.78, 5) is 12.1. The highest BCUT2D eigenvalue weighted by Gasteiger charge is 2.11. The number of amides is 1. The van der Waals surface area contributed by atoms with E-state index in [1.165, 1.54) is 12.1 Å². The number of aromatic hydroxyl groups is 1. The molecule has 0 heterocycles. The fourth-order valence-electron chi connectivity index (χ4n) is 1.64. The number of halogens is 2. The number of anilines is 1. The van der Waals surface area contributed by atoms with E-state index in [0.29, 0.717) is 21.8 Å². The van der Waals surface area contributed by atoms with Crippen LogP contribution in [0.3, 0.4) is 0 Å². The van der Waals surface area contributed by atoms with Crippen molar-refractivity contribution in [3.05, 3.63) is 57.6 Å². The first-order chi connectivity index (χ1) is 8.99. The maximum Gasteiger partial charge on any atom is 0.255 e. The molecule has 0 spiro atoms. The summed E-state index contributed by atoms with van der Waals surface area (Å²) in [5.74, 6) is -0.371. The maximum atomic E-state index is 12.1. The van der Waals surface area contributed by atoms with Crippen LogP contribution in [0.25, 0.3) is 0 Å². The van der Waals surface area contributed by atoms with Crippen LogP contribution in [0.2, 0.25) is 10.0 Å².